The Bertz CT molecular complexity index is 807. The Balaban J connectivity index is 1.40. The predicted molar refractivity (Wildman–Crippen MR) is 102 cm³/mol. The molecule has 3 heterocycles. The minimum absolute atomic E-state index is 0.584. The Morgan fingerprint density at radius 2 is 2.08 bits per heavy atom. The van der Waals surface area contributed by atoms with Crippen LogP contribution in [0.4, 0.5) is 0 Å². The highest BCUT2D eigenvalue weighted by Crippen LogP contribution is 2.25. The average molecular weight is 350 g/mol. The predicted octanol–water partition coefficient (Wildman–Crippen LogP) is 4.29. The Hall–Kier alpha value is -2.40. The fourth-order valence-electron chi connectivity index (χ4n) is 3.76. The molecule has 1 unspecified atom stereocenters. The van der Waals surface area contributed by atoms with E-state index >= 15 is 0 Å². The Labute approximate surface area is 154 Å². The third-order valence-electron chi connectivity index (χ3n) is 5.26. The maximum atomic E-state index is 5.64. The lowest BCUT2D eigenvalue weighted by atomic mass is 9.99. The van der Waals surface area contributed by atoms with Crippen LogP contribution in [-0.2, 0) is 13.1 Å². The molecule has 4 rings (SSSR count). The lowest BCUT2D eigenvalue weighted by molar-refractivity contribution is 0.115. The van der Waals surface area contributed by atoms with Gasteiger partial charge in [0.2, 0.25) is 0 Å². The number of aromatic nitrogens is 3. The largest absolute Gasteiger partial charge is 0.359 e. The average Bonchev–Trinajstić information content (AvgIpc) is 3.34. The summed E-state index contributed by atoms with van der Waals surface area (Å²) in [5.41, 5.74) is 3.29. The molecule has 0 spiro atoms. The standard InChI is InChI=1S/C21H26N4O/c1-17-6-8-18(9-7-17)21-15-20(26-23-21)16-24-12-3-2-5-19(24)10-14-25-13-4-11-22-25/h4,6-9,11,13,15,19H,2-3,5,10,12,14,16H2,1H3. The molecule has 0 radical (unpaired) electrons. The van der Waals surface area contributed by atoms with Crippen LogP contribution in [0.5, 0.6) is 0 Å². The molecule has 1 atom stereocenters. The van der Waals surface area contributed by atoms with E-state index in [0.29, 0.717) is 6.04 Å². The van der Waals surface area contributed by atoms with Crippen molar-refractivity contribution in [3.8, 4) is 11.3 Å². The number of benzene rings is 1. The van der Waals surface area contributed by atoms with Gasteiger partial charge in [-0.05, 0) is 38.8 Å². The third kappa shape index (κ3) is 4.05. The number of likely N-dealkylation sites (tertiary alicyclic amines) is 1. The van der Waals surface area contributed by atoms with Crippen LogP contribution < -0.4 is 0 Å². The van der Waals surface area contributed by atoms with Crippen molar-refractivity contribution < 1.29 is 4.52 Å². The second-order valence-corrected chi connectivity index (χ2v) is 7.22. The molecule has 1 aliphatic rings. The smallest absolute Gasteiger partial charge is 0.151 e. The molecule has 1 fully saturated rings. The van der Waals surface area contributed by atoms with Gasteiger partial charge in [0.15, 0.2) is 5.76 Å². The maximum absolute atomic E-state index is 5.64. The van der Waals surface area contributed by atoms with Crippen LogP contribution >= 0.6 is 0 Å². The number of nitrogens with zero attached hydrogens (tertiary/aromatic N) is 4. The topological polar surface area (TPSA) is 47.1 Å². The van der Waals surface area contributed by atoms with Crippen molar-refractivity contribution in [2.24, 2.45) is 0 Å². The molecule has 5 heteroatoms. The van der Waals surface area contributed by atoms with Crippen molar-refractivity contribution in [2.45, 2.75) is 51.7 Å². The zero-order chi connectivity index (χ0) is 17.8. The van der Waals surface area contributed by atoms with Crippen LogP contribution in [0.1, 0.15) is 37.0 Å². The molecule has 1 aliphatic heterocycles. The molecule has 0 bridgehead atoms. The number of hydrogen-bond donors (Lipinski definition) is 0. The molecule has 136 valence electrons. The van der Waals surface area contributed by atoms with Gasteiger partial charge in [-0.1, -0.05) is 41.4 Å². The van der Waals surface area contributed by atoms with Gasteiger partial charge < -0.3 is 4.52 Å². The lowest BCUT2D eigenvalue weighted by Gasteiger charge is -2.35. The first kappa shape index (κ1) is 17.0. The van der Waals surface area contributed by atoms with Crippen molar-refractivity contribution in [3.05, 3.63) is 60.1 Å². The van der Waals surface area contributed by atoms with Crippen LogP contribution in [0.2, 0.25) is 0 Å². The van der Waals surface area contributed by atoms with Crippen molar-refractivity contribution in [3.63, 3.8) is 0 Å². The van der Waals surface area contributed by atoms with Crippen molar-refractivity contribution >= 4 is 0 Å². The zero-order valence-corrected chi connectivity index (χ0v) is 15.3. The molecule has 1 saturated heterocycles. The second kappa shape index (κ2) is 7.87. The fourth-order valence-corrected chi connectivity index (χ4v) is 3.76. The van der Waals surface area contributed by atoms with Gasteiger partial charge in [-0.2, -0.15) is 5.10 Å². The summed E-state index contributed by atoms with van der Waals surface area (Å²) in [6.45, 7) is 5.03. The molecular weight excluding hydrogens is 324 g/mol. The molecule has 0 saturated carbocycles. The van der Waals surface area contributed by atoms with Gasteiger partial charge in [-0.25, -0.2) is 0 Å². The Morgan fingerprint density at radius 1 is 1.19 bits per heavy atom. The van der Waals surface area contributed by atoms with Gasteiger partial charge in [0, 0.05) is 36.6 Å². The molecule has 26 heavy (non-hydrogen) atoms. The van der Waals surface area contributed by atoms with Crippen LogP contribution in [0.3, 0.4) is 0 Å². The van der Waals surface area contributed by atoms with E-state index < -0.39 is 0 Å². The summed E-state index contributed by atoms with van der Waals surface area (Å²) in [6, 6.07) is 13.1. The normalized spacial score (nSPS) is 18.3. The minimum Gasteiger partial charge on any atom is -0.359 e. The van der Waals surface area contributed by atoms with E-state index in [1.165, 1.54) is 24.8 Å². The summed E-state index contributed by atoms with van der Waals surface area (Å²) in [6.07, 6.45) is 8.83. The van der Waals surface area contributed by atoms with Gasteiger partial charge >= 0.3 is 0 Å². The monoisotopic (exact) mass is 350 g/mol. The molecule has 0 aliphatic carbocycles. The summed E-state index contributed by atoms with van der Waals surface area (Å²) < 4.78 is 7.67. The molecule has 0 amide bonds. The number of rotatable bonds is 6. The van der Waals surface area contributed by atoms with Gasteiger partial charge in [-0.3, -0.25) is 9.58 Å². The fraction of sp³-hybridized carbons (Fsp3) is 0.429. The number of hydrogen-bond acceptors (Lipinski definition) is 4. The maximum Gasteiger partial charge on any atom is 0.151 e. The van der Waals surface area contributed by atoms with Crippen molar-refractivity contribution in [2.75, 3.05) is 6.54 Å². The first-order valence-electron chi connectivity index (χ1n) is 9.52. The van der Waals surface area contributed by atoms with Crippen LogP contribution in [0.25, 0.3) is 11.3 Å². The first-order valence-corrected chi connectivity index (χ1v) is 9.52. The van der Waals surface area contributed by atoms with Gasteiger partial charge in [0.05, 0.1) is 6.54 Å². The number of piperidine rings is 1. The Kier molecular flexibility index (Phi) is 5.16. The summed E-state index contributed by atoms with van der Waals surface area (Å²) in [5.74, 6) is 0.951. The SMILES string of the molecule is Cc1ccc(-c2cc(CN3CCCCC3CCn3cccn3)on2)cc1. The highest BCUT2D eigenvalue weighted by Gasteiger charge is 2.23. The van der Waals surface area contributed by atoms with Gasteiger partial charge in [0.25, 0.3) is 0 Å². The second-order valence-electron chi connectivity index (χ2n) is 7.22. The lowest BCUT2D eigenvalue weighted by Crippen LogP contribution is -2.39. The van der Waals surface area contributed by atoms with E-state index in [1.54, 1.807) is 0 Å². The summed E-state index contributed by atoms with van der Waals surface area (Å²) in [4.78, 5) is 2.55. The van der Waals surface area contributed by atoms with E-state index in [-0.39, 0.29) is 0 Å². The van der Waals surface area contributed by atoms with Gasteiger partial charge in [0.1, 0.15) is 5.69 Å². The first-order chi connectivity index (χ1) is 12.8. The quantitative estimate of drug-likeness (QED) is 0.665. The van der Waals surface area contributed by atoms with E-state index in [4.69, 9.17) is 4.52 Å². The van der Waals surface area contributed by atoms with E-state index in [2.05, 4.69) is 52.4 Å². The molecule has 2 aromatic heterocycles. The van der Waals surface area contributed by atoms with E-state index in [9.17, 15) is 0 Å². The van der Waals surface area contributed by atoms with E-state index in [0.717, 1.165) is 43.1 Å². The molecular formula is C21H26N4O. The zero-order valence-electron chi connectivity index (χ0n) is 15.3. The molecule has 0 N–H and O–H groups in total. The summed E-state index contributed by atoms with van der Waals surface area (Å²) >= 11 is 0. The van der Waals surface area contributed by atoms with Crippen LogP contribution in [-0.4, -0.2) is 32.4 Å². The van der Waals surface area contributed by atoms with E-state index in [1.807, 2.05) is 23.1 Å². The molecule has 3 aromatic rings. The Morgan fingerprint density at radius 3 is 2.88 bits per heavy atom. The molecule has 1 aromatic carbocycles. The number of aryl methyl sites for hydroxylation is 2. The van der Waals surface area contributed by atoms with Crippen molar-refractivity contribution in [1.29, 1.82) is 0 Å². The van der Waals surface area contributed by atoms with Crippen LogP contribution in [0.15, 0.2) is 53.3 Å². The summed E-state index contributed by atoms with van der Waals surface area (Å²) in [5, 5.41) is 8.60. The van der Waals surface area contributed by atoms with Gasteiger partial charge in [-0.15, -0.1) is 0 Å². The highest BCUT2D eigenvalue weighted by molar-refractivity contribution is 5.59. The molecule has 5 nitrogen and oxygen atoms in total. The minimum atomic E-state index is 0.584. The van der Waals surface area contributed by atoms with Crippen LogP contribution in [0, 0.1) is 6.92 Å². The third-order valence-corrected chi connectivity index (χ3v) is 5.26. The summed E-state index contributed by atoms with van der Waals surface area (Å²) in [7, 11) is 0. The highest BCUT2D eigenvalue weighted by atomic mass is 16.5. The van der Waals surface area contributed by atoms with Crippen molar-refractivity contribution in [1.82, 2.24) is 19.8 Å².